The maximum Gasteiger partial charge on any atom is 0.304 e. The van der Waals surface area contributed by atoms with Crippen molar-refractivity contribution in [2.24, 2.45) is 0 Å². The van der Waals surface area contributed by atoms with Gasteiger partial charge in [0.15, 0.2) is 0 Å². The van der Waals surface area contributed by atoms with Crippen molar-refractivity contribution < 1.29 is 27.1 Å². The molecule has 0 aliphatic carbocycles. The van der Waals surface area contributed by atoms with Crippen LogP contribution in [0.4, 0.5) is 10.1 Å². The van der Waals surface area contributed by atoms with Crippen molar-refractivity contribution in [3.8, 4) is 5.75 Å². The van der Waals surface area contributed by atoms with Crippen LogP contribution in [0.25, 0.3) is 0 Å². The normalized spacial score (nSPS) is 12.7. The van der Waals surface area contributed by atoms with Gasteiger partial charge in [0, 0.05) is 26.2 Å². The Morgan fingerprint density at radius 1 is 1.08 bits per heavy atom. The van der Waals surface area contributed by atoms with E-state index in [1.807, 2.05) is 20.8 Å². The molecule has 0 aliphatic rings. The second kappa shape index (κ2) is 12.4. The number of para-hydroxylation sites is 1. The number of anilines is 1. The van der Waals surface area contributed by atoms with Crippen LogP contribution in [0.5, 0.6) is 5.75 Å². The van der Waals surface area contributed by atoms with Gasteiger partial charge in [-0.15, -0.1) is 0 Å². The number of nitrogens with one attached hydrogen (secondary N) is 1. The third-order valence-electron chi connectivity index (χ3n) is 5.51. The van der Waals surface area contributed by atoms with Crippen LogP contribution in [0, 0.1) is 5.82 Å². The van der Waals surface area contributed by atoms with E-state index in [2.05, 4.69) is 5.32 Å². The molecule has 2 aromatic carbocycles. The summed E-state index contributed by atoms with van der Waals surface area (Å²) in [4.78, 5) is 28.4. The molecule has 2 aromatic rings. The van der Waals surface area contributed by atoms with E-state index in [0.29, 0.717) is 11.3 Å². The summed E-state index contributed by atoms with van der Waals surface area (Å²) in [6, 6.07) is 11.5. The summed E-state index contributed by atoms with van der Waals surface area (Å²) < 4.78 is 48.0. The minimum Gasteiger partial charge on any atom is -0.497 e. The van der Waals surface area contributed by atoms with Crippen molar-refractivity contribution >= 4 is 27.7 Å². The molecule has 0 spiro atoms. The smallest absolute Gasteiger partial charge is 0.304 e. The van der Waals surface area contributed by atoms with Gasteiger partial charge in [0.25, 0.3) is 0 Å². The van der Waals surface area contributed by atoms with Crippen LogP contribution in [0.15, 0.2) is 48.5 Å². The molecule has 2 amide bonds. The van der Waals surface area contributed by atoms with Crippen LogP contribution in [0.2, 0.25) is 0 Å². The lowest BCUT2D eigenvalue weighted by molar-refractivity contribution is -0.141. The maximum atomic E-state index is 14.7. The molecule has 0 aliphatic heterocycles. The predicted molar refractivity (Wildman–Crippen MR) is 142 cm³/mol. The number of carbonyl (C=O) groups excluding carboxylic acids is 2. The van der Waals surface area contributed by atoms with Gasteiger partial charge in [-0.05, 0) is 57.0 Å². The van der Waals surface area contributed by atoms with Crippen molar-refractivity contribution in [3.05, 3.63) is 59.9 Å². The van der Waals surface area contributed by atoms with Crippen molar-refractivity contribution in [3.63, 3.8) is 0 Å². The second-order valence-corrected chi connectivity index (χ2v) is 11.9. The minimum atomic E-state index is -4.25. The number of benzene rings is 2. The Balaban J connectivity index is 2.56. The van der Waals surface area contributed by atoms with E-state index in [-0.39, 0.29) is 24.6 Å². The summed E-state index contributed by atoms with van der Waals surface area (Å²) >= 11 is 0. The first kappa shape index (κ1) is 30.0. The lowest BCUT2D eigenvalue weighted by Crippen LogP contribution is -2.55. The molecule has 0 unspecified atom stereocenters. The summed E-state index contributed by atoms with van der Waals surface area (Å²) in [6.45, 7) is 6.56. The number of carbonyl (C=O) groups is 2. The van der Waals surface area contributed by atoms with Crippen molar-refractivity contribution in [2.45, 2.75) is 52.2 Å². The largest absolute Gasteiger partial charge is 0.497 e. The monoisotopic (exact) mass is 536 g/mol. The van der Waals surface area contributed by atoms with E-state index in [1.54, 1.807) is 31.2 Å². The van der Waals surface area contributed by atoms with Crippen LogP contribution in [0.3, 0.4) is 0 Å². The van der Waals surface area contributed by atoms with Gasteiger partial charge in [0.2, 0.25) is 11.8 Å². The van der Waals surface area contributed by atoms with Gasteiger partial charge in [-0.1, -0.05) is 31.2 Å². The summed E-state index contributed by atoms with van der Waals surface area (Å²) in [6.07, 6.45) is 0.276. The van der Waals surface area contributed by atoms with Gasteiger partial charge in [-0.25, -0.2) is 8.70 Å². The Labute approximate surface area is 219 Å². The van der Waals surface area contributed by atoms with E-state index in [9.17, 15) is 22.4 Å². The first-order valence-electron chi connectivity index (χ1n) is 11.9. The van der Waals surface area contributed by atoms with E-state index in [1.165, 1.54) is 44.3 Å². The quantitative estimate of drug-likeness (QED) is 0.476. The van der Waals surface area contributed by atoms with Crippen molar-refractivity contribution in [2.75, 3.05) is 32.1 Å². The standard InChI is InChI=1S/C26H37FN4O5S/c1-8-22(25(33)28-26(2,3)4)30(17-19-12-11-13-20(16-19)36-7)24(32)18-31(37(34,35)29(5)6)23-15-10-9-14-21(23)27/h9-16,22H,8,17-18H2,1-7H3,(H,28,33)/t22-/m1/s1. The van der Waals surface area contributed by atoms with Crippen LogP contribution >= 0.6 is 0 Å². The molecular weight excluding hydrogens is 499 g/mol. The number of halogens is 1. The molecule has 0 fully saturated rings. The fraction of sp³-hybridized carbons (Fsp3) is 0.462. The summed E-state index contributed by atoms with van der Waals surface area (Å²) in [7, 11) is -0.132. The molecule has 11 heteroatoms. The minimum absolute atomic E-state index is 0.0131. The Bertz CT molecular complexity index is 1200. The average Bonchev–Trinajstić information content (AvgIpc) is 2.81. The van der Waals surface area contributed by atoms with Gasteiger partial charge in [0.05, 0.1) is 12.8 Å². The summed E-state index contributed by atoms with van der Waals surface area (Å²) in [5.41, 5.74) is -0.136. The molecule has 1 N–H and O–H groups in total. The van der Waals surface area contributed by atoms with E-state index in [4.69, 9.17) is 4.74 Å². The van der Waals surface area contributed by atoms with E-state index in [0.717, 1.165) is 14.7 Å². The van der Waals surface area contributed by atoms with Gasteiger partial charge >= 0.3 is 10.2 Å². The molecular formula is C26H37FN4O5S. The highest BCUT2D eigenvalue weighted by Gasteiger charge is 2.35. The highest BCUT2D eigenvalue weighted by atomic mass is 32.2. The van der Waals surface area contributed by atoms with Crippen LogP contribution in [-0.4, -0.2) is 68.8 Å². The zero-order valence-electron chi connectivity index (χ0n) is 22.5. The summed E-state index contributed by atoms with van der Waals surface area (Å²) in [5.74, 6) is -1.26. The fourth-order valence-corrected chi connectivity index (χ4v) is 4.76. The molecule has 0 saturated heterocycles. The number of ether oxygens (including phenoxy) is 1. The van der Waals surface area contributed by atoms with Gasteiger partial charge in [-0.3, -0.25) is 9.59 Å². The Kier molecular flexibility index (Phi) is 10.0. The molecule has 37 heavy (non-hydrogen) atoms. The molecule has 1 atom stereocenters. The summed E-state index contributed by atoms with van der Waals surface area (Å²) in [5, 5.41) is 2.90. The first-order valence-corrected chi connectivity index (χ1v) is 13.3. The SMILES string of the molecule is CC[C@H](C(=O)NC(C)(C)C)N(Cc1cccc(OC)c1)C(=O)CN(c1ccccc1F)S(=O)(=O)N(C)C. The Morgan fingerprint density at radius 3 is 2.27 bits per heavy atom. The molecule has 0 aromatic heterocycles. The van der Waals surface area contributed by atoms with Crippen LogP contribution < -0.4 is 14.4 Å². The second-order valence-electron chi connectivity index (χ2n) is 9.78. The molecule has 0 saturated carbocycles. The van der Waals surface area contributed by atoms with Crippen LogP contribution in [-0.2, 0) is 26.3 Å². The van der Waals surface area contributed by atoms with E-state index >= 15 is 0 Å². The van der Waals surface area contributed by atoms with Crippen LogP contribution in [0.1, 0.15) is 39.7 Å². The van der Waals surface area contributed by atoms with Crippen molar-refractivity contribution in [1.29, 1.82) is 0 Å². The fourth-order valence-electron chi connectivity index (χ4n) is 3.70. The number of rotatable bonds is 11. The molecule has 0 radical (unpaired) electrons. The van der Waals surface area contributed by atoms with Gasteiger partial charge < -0.3 is 15.0 Å². The zero-order chi connectivity index (χ0) is 28.0. The highest BCUT2D eigenvalue weighted by Crippen LogP contribution is 2.24. The number of hydrogen-bond acceptors (Lipinski definition) is 5. The Morgan fingerprint density at radius 2 is 1.73 bits per heavy atom. The number of hydrogen-bond donors (Lipinski definition) is 1. The molecule has 0 heterocycles. The maximum absolute atomic E-state index is 14.7. The zero-order valence-corrected chi connectivity index (χ0v) is 23.3. The van der Waals surface area contributed by atoms with Gasteiger partial charge in [-0.2, -0.15) is 12.7 Å². The van der Waals surface area contributed by atoms with Gasteiger partial charge in [0.1, 0.15) is 24.2 Å². The van der Waals surface area contributed by atoms with Crippen molar-refractivity contribution in [1.82, 2.24) is 14.5 Å². The predicted octanol–water partition coefficient (Wildman–Crippen LogP) is 3.17. The number of nitrogens with zero attached hydrogens (tertiary/aromatic N) is 3. The molecule has 2 rings (SSSR count). The number of amides is 2. The number of methoxy groups -OCH3 is 1. The lowest BCUT2D eigenvalue weighted by atomic mass is 10.1. The Hall–Kier alpha value is -3.18. The highest BCUT2D eigenvalue weighted by molar-refractivity contribution is 7.90. The lowest BCUT2D eigenvalue weighted by Gasteiger charge is -2.35. The molecule has 204 valence electrons. The topological polar surface area (TPSA) is 99.3 Å². The third-order valence-corrected chi connectivity index (χ3v) is 7.32. The average molecular weight is 537 g/mol. The molecule has 9 nitrogen and oxygen atoms in total. The third kappa shape index (κ3) is 7.90. The first-order chi connectivity index (χ1) is 17.2. The molecule has 0 bridgehead atoms. The van der Waals surface area contributed by atoms with E-state index < -0.39 is 40.1 Å².